The van der Waals surface area contributed by atoms with Gasteiger partial charge in [-0.15, -0.1) is 11.8 Å². The van der Waals surface area contributed by atoms with Crippen LogP contribution in [-0.2, 0) is 7.05 Å². The normalized spacial score (nSPS) is 16.2. The lowest BCUT2D eigenvalue weighted by Crippen LogP contribution is -2.32. The third kappa shape index (κ3) is 3.22. The van der Waals surface area contributed by atoms with Gasteiger partial charge in [0.25, 0.3) is 5.56 Å². The van der Waals surface area contributed by atoms with Crippen molar-refractivity contribution in [2.24, 2.45) is 12.0 Å². The van der Waals surface area contributed by atoms with E-state index in [-0.39, 0.29) is 16.6 Å². The molecule has 4 rings (SSSR count). The maximum absolute atomic E-state index is 12.5. The standard InChI is InChI=1S/C20H17N3O4S/c1-23-19(26)17(18(25)22-20(23)27)14-10-16(11-6-8-12(24)9-7-11)28-15-5-3-2-4-13(15)21-14/h2-9,16,24,26H,10H2,1H3,(H,22,25,27)/t16-/m0/s1. The monoisotopic (exact) mass is 395 g/mol. The molecule has 0 aliphatic carbocycles. The predicted octanol–water partition coefficient (Wildman–Crippen LogP) is 2.84. The largest absolute Gasteiger partial charge is 0.508 e. The van der Waals surface area contributed by atoms with Crippen molar-refractivity contribution < 1.29 is 10.2 Å². The topological polar surface area (TPSA) is 108 Å². The maximum atomic E-state index is 12.5. The van der Waals surface area contributed by atoms with E-state index in [1.54, 1.807) is 23.9 Å². The molecule has 0 bridgehead atoms. The van der Waals surface area contributed by atoms with Gasteiger partial charge in [0.2, 0.25) is 5.88 Å². The number of rotatable bonds is 2. The molecule has 1 aromatic heterocycles. The van der Waals surface area contributed by atoms with E-state index in [0.29, 0.717) is 17.8 Å². The fourth-order valence-electron chi connectivity index (χ4n) is 3.11. The molecule has 28 heavy (non-hydrogen) atoms. The fourth-order valence-corrected chi connectivity index (χ4v) is 4.35. The van der Waals surface area contributed by atoms with E-state index >= 15 is 0 Å². The number of aromatic nitrogens is 2. The first-order chi connectivity index (χ1) is 13.4. The molecule has 0 radical (unpaired) electrons. The summed E-state index contributed by atoms with van der Waals surface area (Å²) in [4.78, 5) is 32.0. The first kappa shape index (κ1) is 18.1. The fraction of sp³-hybridized carbons (Fsp3) is 0.150. The number of para-hydroxylation sites is 1. The zero-order valence-corrected chi connectivity index (χ0v) is 15.7. The Morgan fingerprint density at radius 3 is 2.57 bits per heavy atom. The molecule has 0 saturated heterocycles. The van der Waals surface area contributed by atoms with E-state index in [0.717, 1.165) is 15.0 Å². The SMILES string of the molecule is Cn1c(O)c(C2=Nc3ccccc3S[C@H](c3ccc(O)cc3)C2)c(=O)[nH]c1=O. The van der Waals surface area contributed by atoms with E-state index in [2.05, 4.69) is 9.98 Å². The Morgan fingerprint density at radius 1 is 1.11 bits per heavy atom. The molecule has 1 aliphatic rings. The summed E-state index contributed by atoms with van der Waals surface area (Å²) in [6, 6.07) is 14.4. The summed E-state index contributed by atoms with van der Waals surface area (Å²) in [5.74, 6) is -0.245. The molecular formula is C20H17N3O4S. The molecule has 1 atom stereocenters. The van der Waals surface area contributed by atoms with Crippen molar-refractivity contribution in [3.8, 4) is 11.6 Å². The van der Waals surface area contributed by atoms with Gasteiger partial charge in [-0.05, 0) is 29.8 Å². The van der Waals surface area contributed by atoms with Gasteiger partial charge in [-0.2, -0.15) is 0 Å². The lowest BCUT2D eigenvalue weighted by atomic mass is 10.0. The number of thioether (sulfide) groups is 1. The van der Waals surface area contributed by atoms with E-state index < -0.39 is 17.1 Å². The Bertz CT molecular complexity index is 1200. The first-order valence-corrected chi connectivity index (χ1v) is 9.47. The number of phenolic OH excluding ortho intramolecular Hbond substituents is 1. The van der Waals surface area contributed by atoms with Gasteiger partial charge in [0.15, 0.2) is 0 Å². The van der Waals surface area contributed by atoms with Crippen molar-refractivity contribution >= 4 is 23.2 Å². The molecule has 7 nitrogen and oxygen atoms in total. The van der Waals surface area contributed by atoms with Crippen molar-refractivity contribution in [3.05, 3.63) is 80.5 Å². The Hall–Kier alpha value is -3.26. The van der Waals surface area contributed by atoms with E-state index in [1.807, 2.05) is 36.4 Å². The number of hydrogen-bond donors (Lipinski definition) is 3. The summed E-state index contributed by atoms with van der Waals surface area (Å²) >= 11 is 1.60. The van der Waals surface area contributed by atoms with Crippen LogP contribution in [0.2, 0.25) is 0 Å². The van der Waals surface area contributed by atoms with Crippen LogP contribution in [0.3, 0.4) is 0 Å². The molecule has 1 aliphatic heterocycles. The average Bonchev–Trinajstić information content (AvgIpc) is 2.86. The van der Waals surface area contributed by atoms with Crippen LogP contribution in [0.5, 0.6) is 11.6 Å². The van der Waals surface area contributed by atoms with E-state index in [1.165, 1.54) is 7.05 Å². The molecule has 0 saturated carbocycles. The third-order valence-corrected chi connectivity index (χ3v) is 5.94. The van der Waals surface area contributed by atoms with Gasteiger partial charge in [0.1, 0.15) is 11.3 Å². The van der Waals surface area contributed by atoms with Crippen LogP contribution in [0.4, 0.5) is 5.69 Å². The van der Waals surface area contributed by atoms with Gasteiger partial charge in [-0.1, -0.05) is 24.3 Å². The van der Waals surface area contributed by atoms with Crippen molar-refractivity contribution in [1.29, 1.82) is 0 Å². The van der Waals surface area contributed by atoms with Crippen molar-refractivity contribution in [1.82, 2.24) is 9.55 Å². The molecule has 142 valence electrons. The minimum Gasteiger partial charge on any atom is -0.508 e. The number of aromatic amines is 1. The number of nitrogens with zero attached hydrogens (tertiary/aromatic N) is 2. The molecule has 0 unspecified atom stereocenters. The lowest BCUT2D eigenvalue weighted by Gasteiger charge is -2.16. The molecular weight excluding hydrogens is 378 g/mol. The summed E-state index contributed by atoms with van der Waals surface area (Å²) < 4.78 is 0.985. The number of aromatic hydroxyl groups is 2. The number of nitrogens with one attached hydrogen (secondary N) is 1. The van der Waals surface area contributed by atoms with Crippen LogP contribution in [0.1, 0.15) is 22.8 Å². The number of hydrogen-bond acceptors (Lipinski definition) is 6. The number of aliphatic imine (C=N–C) groups is 1. The van der Waals surface area contributed by atoms with Gasteiger partial charge in [0.05, 0.1) is 11.4 Å². The second-order valence-corrected chi connectivity index (χ2v) is 7.69. The van der Waals surface area contributed by atoms with Crippen LogP contribution < -0.4 is 11.2 Å². The molecule has 0 amide bonds. The van der Waals surface area contributed by atoms with Gasteiger partial charge < -0.3 is 10.2 Å². The first-order valence-electron chi connectivity index (χ1n) is 8.59. The maximum Gasteiger partial charge on any atom is 0.330 e. The summed E-state index contributed by atoms with van der Waals surface area (Å²) in [7, 11) is 1.38. The Labute approximate surface area is 164 Å². The average molecular weight is 395 g/mol. The number of fused-ring (bicyclic) bond motifs is 1. The molecule has 2 aromatic carbocycles. The predicted molar refractivity (Wildman–Crippen MR) is 108 cm³/mol. The highest BCUT2D eigenvalue weighted by Gasteiger charge is 2.26. The minimum atomic E-state index is -0.690. The van der Waals surface area contributed by atoms with Crippen LogP contribution in [0, 0.1) is 0 Å². The zero-order valence-electron chi connectivity index (χ0n) is 14.9. The Balaban J connectivity index is 1.90. The Kier molecular flexibility index (Phi) is 4.56. The number of benzene rings is 2. The highest BCUT2D eigenvalue weighted by Crippen LogP contribution is 2.45. The molecule has 0 spiro atoms. The summed E-state index contributed by atoms with van der Waals surface area (Å²) in [6.07, 6.45) is 0.360. The molecule has 3 aromatic rings. The highest BCUT2D eigenvalue weighted by molar-refractivity contribution is 7.99. The quantitative estimate of drug-likeness (QED) is 0.618. The molecule has 3 N–H and O–H groups in total. The molecule has 2 heterocycles. The van der Waals surface area contributed by atoms with Gasteiger partial charge in [-0.3, -0.25) is 19.3 Å². The summed E-state index contributed by atoms with van der Waals surface area (Å²) in [5, 5.41) is 20.0. The van der Waals surface area contributed by atoms with Gasteiger partial charge >= 0.3 is 5.69 Å². The number of H-pyrrole nitrogens is 1. The highest BCUT2D eigenvalue weighted by atomic mass is 32.2. The van der Waals surface area contributed by atoms with Crippen LogP contribution in [0.15, 0.2) is 68.0 Å². The van der Waals surface area contributed by atoms with Crippen molar-refractivity contribution in [2.45, 2.75) is 16.6 Å². The lowest BCUT2D eigenvalue weighted by molar-refractivity contribution is 0.416. The molecule has 0 fully saturated rings. The van der Waals surface area contributed by atoms with Crippen molar-refractivity contribution in [3.63, 3.8) is 0 Å². The van der Waals surface area contributed by atoms with E-state index in [9.17, 15) is 19.8 Å². The summed E-state index contributed by atoms with van der Waals surface area (Å²) in [6.45, 7) is 0. The van der Waals surface area contributed by atoms with Crippen LogP contribution in [-0.4, -0.2) is 25.5 Å². The van der Waals surface area contributed by atoms with Crippen molar-refractivity contribution in [2.75, 3.05) is 0 Å². The van der Waals surface area contributed by atoms with Gasteiger partial charge in [0, 0.05) is 23.6 Å². The van der Waals surface area contributed by atoms with E-state index in [4.69, 9.17) is 0 Å². The number of phenols is 1. The molecule has 8 heteroatoms. The third-order valence-electron chi connectivity index (χ3n) is 4.62. The summed E-state index contributed by atoms with van der Waals surface area (Å²) in [5.41, 5.74) is 0.663. The smallest absolute Gasteiger partial charge is 0.330 e. The minimum absolute atomic E-state index is 0.0109. The van der Waals surface area contributed by atoms with Crippen LogP contribution >= 0.6 is 11.8 Å². The van der Waals surface area contributed by atoms with Crippen LogP contribution in [0.25, 0.3) is 0 Å². The Morgan fingerprint density at radius 2 is 1.82 bits per heavy atom. The van der Waals surface area contributed by atoms with Gasteiger partial charge in [-0.25, -0.2) is 4.79 Å². The second-order valence-electron chi connectivity index (χ2n) is 6.45. The second kappa shape index (κ2) is 7.05. The zero-order chi connectivity index (χ0) is 19.8.